The summed E-state index contributed by atoms with van der Waals surface area (Å²) in [5, 5.41) is 13.1. The topological polar surface area (TPSA) is 65.5 Å². The summed E-state index contributed by atoms with van der Waals surface area (Å²) < 4.78 is 1.07. The monoisotopic (exact) mass is 319 g/mol. The third-order valence-corrected chi connectivity index (χ3v) is 5.66. The maximum atomic E-state index is 12.4. The van der Waals surface area contributed by atoms with E-state index in [1.54, 1.807) is 0 Å². The summed E-state index contributed by atoms with van der Waals surface area (Å²) in [6.45, 7) is 3.68. The first-order valence-corrected chi connectivity index (χ1v) is 8.50. The van der Waals surface area contributed by atoms with Crippen LogP contribution in [-0.2, 0) is 0 Å². The van der Waals surface area contributed by atoms with Gasteiger partial charge in [-0.1, -0.05) is 30.4 Å². The number of aliphatic hydroxyl groups is 1. The van der Waals surface area contributed by atoms with Crippen LogP contribution >= 0.6 is 11.3 Å². The molecule has 0 radical (unpaired) electrons. The number of fused-ring (bicyclic) bond motifs is 1. The molecule has 2 N–H and O–H groups in total. The van der Waals surface area contributed by atoms with Crippen LogP contribution in [0.4, 0.5) is 9.93 Å². The highest BCUT2D eigenvalue weighted by Gasteiger charge is 2.34. The number of aliphatic hydroxyl groups excluding tert-OH is 1. The number of anilines is 1. The zero-order valence-electron chi connectivity index (χ0n) is 12.7. The van der Waals surface area contributed by atoms with Crippen molar-refractivity contribution in [3.63, 3.8) is 0 Å². The second-order valence-corrected chi connectivity index (χ2v) is 6.95. The minimum atomic E-state index is -0.0956. The lowest BCUT2D eigenvalue weighted by molar-refractivity contribution is 0.0542. The molecule has 22 heavy (non-hydrogen) atoms. The fraction of sp³-hybridized carbons (Fsp3) is 0.500. The average molecular weight is 319 g/mol. The molecule has 2 aromatic rings. The van der Waals surface area contributed by atoms with Crippen molar-refractivity contribution in [1.29, 1.82) is 0 Å². The van der Waals surface area contributed by atoms with Gasteiger partial charge in [0.25, 0.3) is 0 Å². The number of rotatable bonds is 3. The third kappa shape index (κ3) is 2.94. The summed E-state index contributed by atoms with van der Waals surface area (Å²) in [7, 11) is 0. The van der Waals surface area contributed by atoms with Gasteiger partial charge in [-0.05, 0) is 36.8 Å². The lowest BCUT2D eigenvalue weighted by Crippen LogP contribution is -2.46. The molecule has 1 aromatic carbocycles. The maximum absolute atomic E-state index is 12.4. The van der Waals surface area contributed by atoms with Crippen LogP contribution in [0.25, 0.3) is 10.2 Å². The minimum Gasteiger partial charge on any atom is -0.396 e. The highest BCUT2D eigenvalue weighted by atomic mass is 32.1. The van der Waals surface area contributed by atoms with Crippen molar-refractivity contribution in [2.24, 2.45) is 5.41 Å². The van der Waals surface area contributed by atoms with Crippen LogP contribution in [0, 0.1) is 5.41 Å². The van der Waals surface area contributed by atoms with E-state index in [1.807, 2.05) is 29.2 Å². The Morgan fingerprint density at radius 1 is 1.41 bits per heavy atom. The molecular formula is C16H21N3O2S. The van der Waals surface area contributed by atoms with Crippen LogP contribution in [0.2, 0.25) is 0 Å². The fourth-order valence-corrected chi connectivity index (χ4v) is 3.76. The summed E-state index contributed by atoms with van der Waals surface area (Å²) in [5.74, 6) is 0. The highest BCUT2D eigenvalue weighted by molar-refractivity contribution is 7.22. The van der Waals surface area contributed by atoms with Gasteiger partial charge in [0.05, 0.1) is 10.2 Å². The Morgan fingerprint density at radius 2 is 2.14 bits per heavy atom. The average Bonchev–Trinajstić information content (AvgIpc) is 2.97. The van der Waals surface area contributed by atoms with Crippen LogP contribution in [0.5, 0.6) is 0 Å². The Bertz CT molecular complexity index is 623. The molecule has 2 amide bonds. The molecule has 1 fully saturated rings. The van der Waals surface area contributed by atoms with E-state index < -0.39 is 0 Å². The first-order valence-electron chi connectivity index (χ1n) is 7.68. The SMILES string of the molecule is CCC1(CO)CCN(C(=O)Nc2nc3ccccc3s2)CC1. The molecule has 2 heterocycles. The number of aromatic nitrogens is 1. The fourth-order valence-electron chi connectivity index (χ4n) is 2.90. The zero-order valence-corrected chi connectivity index (χ0v) is 13.5. The third-order valence-electron chi connectivity index (χ3n) is 4.70. The van der Waals surface area contributed by atoms with Crippen LogP contribution < -0.4 is 5.32 Å². The Balaban J connectivity index is 1.63. The van der Waals surface area contributed by atoms with Crippen LogP contribution in [0.1, 0.15) is 26.2 Å². The van der Waals surface area contributed by atoms with Gasteiger partial charge in [-0.25, -0.2) is 9.78 Å². The number of urea groups is 1. The van der Waals surface area contributed by atoms with Gasteiger partial charge in [0.1, 0.15) is 0 Å². The van der Waals surface area contributed by atoms with Crippen molar-refractivity contribution >= 4 is 32.7 Å². The molecule has 1 aliphatic heterocycles. The van der Waals surface area contributed by atoms with Gasteiger partial charge in [0.2, 0.25) is 0 Å². The van der Waals surface area contributed by atoms with E-state index in [2.05, 4.69) is 17.2 Å². The Hall–Kier alpha value is -1.66. The zero-order chi connectivity index (χ0) is 15.6. The van der Waals surface area contributed by atoms with E-state index in [9.17, 15) is 9.90 Å². The number of piperidine rings is 1. The predicted octanol–water partition coefficient (Wildman–Crippen LogP) is 3.31. The van der Waals surface area contributed by atoms with Crippen LogP contribution in [0.15, 0.2) is 24.3 Å². The smallest absolute Gasteiger partial charge is 0.323 e. The molecule has 0 aliphatic carbocycles. The van der Waals surface area contributed by atoms with E-state index in [0.29, 0.717) is 18.2 Å². The Morgan fingerprint density at radius 3 is 2.77 bits per heavy atom. The number of benzene rings is 1. The number of thiazole rings is 1. The number of amides is 2. The van der Waals surface area contributed by atoms with Gasteiger partial charge in [-0.3, -0.25) is 5.32 Å². The first kappa shape index (κ1) is 15.2. The molecule has 5 nitrogen and oxygen atoms in total. The summed E-state index contributed by atoms with van der Waals surface area (Å²) in [5.41, 5.74) is 0.902. The minimum absolute atomic E-state index is 0.00730. The Labute approximate surface area is 134 Å². The van der Waals surface area contributed by atoms with E-state index >= 15 is 0 Å². The van der Waals surface area contributed by atoms with Gasteiger partial charge in [-0.15, -0.1) is 0 Å². The summed E-state index contributed by atoms with van der Waals surface area (Å²) in [6, 6.07) is 7.76. The number of hydrogen-bond donors (Lipinski definition) is 2. The van der Waals surface area contributed by atoms with Crippen molar-refractivity contribution in [2.45, 2.75) is 26.2 Å². The molecule has 0 unspecified atom stereocenters. The molecule has 1 saturated heterocycles. The van der Waals surface area contributed by atoms with Gasteiger partial charge in [-0.2, -0.15) is 0 Å². The predicted molar refractivity (Wildman–Crippen MR) is 89.3 cm³/mol. The van der Waals surface area contributed by atoms with Crippen LogP contribution in [-0.4, -0.2) is 40.7 Å². The number of carbonyl (C=O) groups excluding carboxylic acids is 1. The standard InChI is InChI=1S/C16H21N3O2S/c1-2-16(11-20)7-9-19(10-8-16)15(21)18-14-17-12-5-3-4-6-13(12)22-14/h3-6,20H,2,7-11H2,1H3,(H,17,18,21). The summed E-state index contributed by atoms with van der Waals surface area (Å²) in [6.07, 6.45) is 2.66. The molecule has 1 aromatic heterocycles. The Kier molecular flexibility index (Phi) is 4.31. The van der Waals surface area contributed by atoms with Crippen molar-refractivity contribution in [3.8, 4) is 0 Å². The number of para-hydroxylation sites is 1. The van der Waals surface area contributed by atoms with Crippen LogP contribution in [0.3, 0.4) is 0 Å². The van der Waals surface area contributed by atoms with Crippen molar-refractivity contribution in [2.75, 3.05) is 25.0 Å². The van der Waals surface area contributed by atoms with Crippen molar-refractivity contribution in [1.82, 2.24) is 9.88 Å². The van der Waals surface area contributed by atoms with Gasteiger partial charge in [0.15, 0.2) is 5.13 Å². The highest BCUT2D eigenvalue weighted by Crippen LogP contribution is 2.34. The molecule has 1 aliphatic rings. The number of nitrogens with one attached hydrogen (secondary N) is 1. The molecule has 6 heteroatoms. The van der Waals surface area contributed by atoms with E-state index in [-0.39, 0.29) is 18.1 Å². The second kappa shape index (κ2) is 6.22. The molecular weight excluding hydrogens is 298 g/mol. The molecule has 0 spiro atoms. The second-order valence-electron chi connectivity index (χ2n) is 5.92. The molecule has 0 saturated carbocycles. The molecule has 118 valence electrons. The van der Waals surface area contributed by atoms with Crippen molar-refractivity contribution < 1.29 is 9.90 Å². The van der Waals surface area contributed by atoms with Gasteiger partial charge < -0.3 is 10.0 Å². The lowest BCUT2D eigenvalue weighted by Gasteiger charge is -2.40. The number of likely N-dealkylation sites (tertiary alicyclic amines) is 1. The van der Waals surface area contributed by atoms with Crippen molar-refractivity contribution in [3.05, 3.63) is 24.3 Å². The maximum Gasteiger partial charge on any atom is 0.323 e. The van der Waals surface area contributed by atoms with Gasteiger partial charge >= 0.3 is 6.03 Å². The molecule has 0 atom stereocenters. The number of nitrogens with zero attached hydrogens (tertiary/aromatic N) is 2. The van der Waals surface area contributed by atoms with E-state index in [1.165, 1.54) is 11.3 Å². The number of carbonyl (C=O) groups is 1. The lowest BCUT2D eigenvalue weighted by atomic mass is 9.77. The number of hydrogen-bond acceptors (Lipinski definition) is 4. The summed E-state index contributed by atoms with van der Waals surface area (Å²) >= 11 is 1.49. The largest absolute Gasteiger partial charge is 0.396 e. The quantitative estimate of drug-likeness (QED) is 0.912. The van der Waals surface area contributed by atoms with Gasteiger partial charge in [0, 0.05) is 19.7 Å². The van der Waals surface area contributed by atoms with E-state index in [4.69, 9.17) is 0 Å². The summed E-state index contributed by atoms with van der Waals surface area (Å²) in [4.78, 5) is 18.6. The van der Waals surface area contributed by atoms with E-state index in [0.717, 1.165) is 29.5 Å². The molecule has 3 rings (SSSR count). The normalized spacial score (nSPS) is 17.6. The molecule has 0 bridgehead atoms. The first-order chi connectivity index (χ1) is 10.7.